The maximum absolute atomic E-state index is 10.9. The third-order valence-electron chi connectivity index (χ3n) is 1.60. The summed E-state index contributed by atoms with van der Waals surface area (Å²) >= 11 is 0. The van der Waals surface area contributed by atoms with E-state index in [4.69, 9.17) is 8.94 Å². The van der Waals surface area contributed by atoms with E-state index < -0.39 is 9.84 Å². The van der Waals surface area contributed by atoms with Gasteiger partial charge in [-0.05, 0) is 12.1 Å². The number of sulfone groups is 1. The molecule has 0 radical (unpaired) electrons. The van der Waals surface area contributed by atoms with Gasteiger partial charge < -0.3 is 8.94 Å². The molecule has 80 valence electrons. The van der Waals surface area contributed by atoms with Gasteiger partial charge in [0.2, 0.25) is 11.7 Å². The lowest BCUT2D eigenvalue weighted by Gasteiger charge is -1.88. The number of aromatic nitrogens is 2. The Morgan fingerprint density at radius 3 is 2.87 bits per heavy atom. The number of rotatable bonds is 3. The Morgan fingerprint density at radius 1 is 1.47 bits per heavy atom. The first-order valence-electron chi connectivity index (χ1n) is 4.09. The summed E-state index contributed by atoms with van der Waals surface area (Å²) in [6.45, 7) is 0. The zero-order chi connectivity index (χ0) is 10.9. The summed E-state index contributed by atoms with van der Waals surface area (Å²) in [5.41, 5.74) is 0. The Bertz CT molecular complexity index is 541. The number of nitrogens with zero attached hydrogens (tertiary/aromatic N) is 2. The smallest absolute Gasteiger partial charge is 0.242 e. The van der Waals surface area contributed by atoms with Gasteiger partial charge in [-0.1, -0.05) is 5.16 Å². The molecule has 15 heavy (non-hydrogen) atoms. The van der Waals surface area contributed by atoms with Crippen molar-refractivity contribution in [2.75, 3.05) is 6.26 Å². The lowest BCUT2D eigenvalue weighted by atomic mass is 10.4. The van der Waals surface area contributed by atoms with Crippen LogP contribution in [-0.4, -0.2) is 24.8 Å². The van der Waals surface area contributed by atoms with Crippen molar-refractivity contribution in [3.05, 3.63) is 24.3 Å². The van der Waals surface area contributed by atoms with Crippen molar-refractivity contribution in [2.45, 2.75) is 5.75 Å². The highest BCUT2D eigenvalue weighted by molar-refractivity contribution is 7.89. The average Bonchev–Trinajstić information content (AvgIpc) is 2.68. The normalized spacial score (nSPS) is 11.8. The van der Waals surface area contributed by atoms with Crippen LogP contribution in [-0.2, 0) is 15.6 Å². The van der Waals surface area contributed by atoms with Crippen molar-refractivity contribution in [1.29, 1.82) is 0 Å². The first kappa shape index (κ1) is 9.91. The van der Waals surface area contributed by atoms with Crippen LogP contribution in [0.5, 0.6) is 0 Å². The molecule has 7 heteroatoms. The third kappa shape index (κ3) is 2.44. The van der Waals surface area contributed by atoms with Gasteiger partial charge in [0, 0.05) is 6.26 Å². The summed E-state index contributed by atoms with van der Waals surface area (Å²) in [7, 11) is -3.16. The van der Waals surface area contributed by atoms with Crippen LogP contribution in [0.1, 0.15) is 5.89 Å². The Balaban J connectivity index is 2.25. The van der Waals surface area contributed by atoms with Crippen LogP contribution in [0.15, 0.2) is 27.3 Å². The van der Waals surface area contributed by atoms with Crippen LogP contribution in [0.25, 0.3) is 11.6 Å². The van der Waals surface area contributed by atoms with Gasteiger partial charge in [-0.2, -0.15) is 4.98 Å². The quantitative estimate of drug-likeness (QED) is 0.774. The summed E-state index contributed by atoms with van der Waals surface area (Å²) < 4.78 is 31.7. The highest BCUT2D eigenvalue weighted by Crippen LogP contribution is 2.16. The molecule has 0 saturated carbocycles. The van der Waals surface area contributed by atoms with Gasteiger partial charge in [-0.3, -0.25) is 0 Å². The Morgan fingerprint density at radius 2 is 2.27 bits per heavy atom. The molecule has 0 aliphatic carbocycles. The molecule has 2 heterocycles. The van der Waals surface area contributed by atoms with Crippen LogP contribution >= 0.6 is 0 Å². The standard InChI is InChI=1S/C8H8N2O4S/c1-15(11,12)5-7-9-8(10-14-7)6-3-2-4-13-6/h2-4H,5H2,1H3. The molecule has 0 saturated heterocycles. The second-order valence-corrected chi connectivity index (χ2v) is 5.20. The molecular weight excluding hydrogens is 220 g/mol. The van der Waals surface area contributed by atoms with Crippen molar-refractivity contribution < 1.29 is 17.4 Å². The number of hydrogen-bond acceptors (Lipinski definition) is 6. The van der Waals surface area contributed by atoms with E-state index in [1.165, 1.54) is 6.26 Å². The van der Waals surface area contributed by atoms with Crippen LogP contribution in [0.2, 0.25) is 0 Å². The van der Waals surface area contributed by atoms with Gasteiger partial charge in [-0.15, -0.1) is 0 Å². The van der Waals surface area contributed by atoms with Crippen LogP contribution in [0.4, 0.5) is 0 Å². The average molecular weight is 228 g/mol. The number of hydrogen-bond donors (Lipinski definition) is 0. The fraction of sp³-hybridized carbons (Fsp3) is 0.250. The van der Waals surface area contributed by atoms with Crippen molar-refractivity contribution in [3.63, 3.8) is 0 Å². The molecule has 0 aromatic carbocycles. The first-order chi connectivity index (χ1) is 7.04. The van der Waals surface area contributed by atoms with Crippen molar-refractivity contribution in [2.24, 2.45) is 0 Å². The number of furan rings is 1. The van der Waals surface area contributed by atoms with E-state index >= 15 is 0 Å². The summed E-state index contributed by atoms with van der Waals surface area (Å²) in [6, 6.07) is 3.34. The second-order valence-electron chi connectivity index (χ2n) is 3.06. The molecule has 0 amide bonds. The summed E-state index contributed by atoms with van der Waals surface area (Å²) in [6.07, 6.45) is 2.58. The van der Waals surface area contributed by atoms with E-state index in [1.54, 1.807) is 12.1 Å². The van der Waals surface area contributed by atoms with E-state index in [1.807, 2.05) is 0 Å². The summed E-state index contributed by atoms with van der Waals surface area (Å²) in [4.78, 5) is 3.89. The topological polar surface area (TPSA) is 86.2 Å². The van der Waals surface area contributed by atoms with Gasteiger partial charge in [-0.25, -0.2) is 8.42 Å². The minimum atomic E-state index is -3.16. The maximum atomic E-state index is 10.9. The highest BCUT2D eigenvalue weighted by Gasteiger charge is 2.14. The van der Waals surface area contributed by atoms with E-state index in [-0.39, 0.29) is 17.5 Å². The molecule has 0 spiro atoms. The first-order valence-corrected chi connectivity index (χ1v) is 6.15. The molecule has 0 bridgehead atoms. The van der Waals surface area contributed by atoms with E-state index in [0.717, 1.165) is 6.26 Å². The van der Waals surface area contributed by atoms with Gasteiger partial charge >= 0.3 is 0 Å². The largest absolute Gasteiger partial charge is 0.461 e. The molecule has 2 rings (SSSR count). The Labute approximate surface area is 85.8 Å². The van der Waals surface area contributed by atoms with E-state index in [9.17, 15) is 8.42 Å². The van der Waals surface area contributed by atoms with Crippen molar-refractivity contribution in [1.82, 2.24) is 10.1 Å². The summed E-state index contributed by atoms with van der Waals surface area (Å²) in [5.74, 6) is 0.488. The zero-order valence-electron chi connectivity index (χ0n) is 7.87. The Hall–Kier alpha value is -1.63. The van der Waals surface area contributed by atoms with Gasteiger partial charge in [0.1, 0.15) is 5.75 Å². The van der Waals surface area contributed by atoms with E-state index in [0.29, 0.717) is 5.76 Å². The van der Waals surface area contributed by atoms with Crippen LogP contribution < -0.4 is 0 Å². The lowest BCUT2D eigenvalue weighted by Crippen LogP contribution is -2.00. The van der Waals surface area contributed by atoms with Crippen LogP contribution in [0, 0.1) is 0 Å². The van der Waals surface area contributed by atoms with E-state index in [2.05, 4.69) is 10.1 Å². The molecule has 0 N–H and O–H groups in total. The third-order valence-corrected chi connectivity index (χ3v) is 2.37. The molecule has 6 nitrogen and oxygen atoms in total. The molecule has 0 aliphatic heterocycles. The van der Waals surface area contributed by atoms with Gasteiger partial charge in [0.25, 0.3) is 0 Å². The molecule has 2 aromatic rings. The van der Waals surface area contributed by atoms with Gasteiger partial charge in [0.05, 0.1) is 6.26 Å². The maximum Gasteiger partial charge on any atom is 0.242 e. The highest BCUT2D eigenvalue weighted by atomic mass is 32.2. The minimum Gasteiger partial charge on any atom is -0.461 e. The zero-order valence-corrected chi connectivity index (χ0v) is 8.69. The predicted octanol–water partition coefficient (Wildman–Crippen LogP) is 0.874. The SMILES string of the molecule is CS(=O)(=O)Cc1nc(-c2ccco2)no1. The summed E-state index contributed by atoms with van der Waals surface area (Å²) in [5, 5.41) is 3.60. The van der Waals surface area contributed by atoms with Crippen molar-refractivity contribution >= 4 is 9.84 Å². The predicted molar refractivity (Wildman–Crippen MR) is 50.5 cm³/mol. The fourth-order valence-corrected chi connectivity index (χ4v) is 1.61. The molecular formula is C8H8N2O4S. The molecule has 0 aliphatic rings. The Kier molecular flexibility index (Phi) is 2.31. The van der Waals surface area contributed by atoms with Gasteiger partial charge in [0.15, 0.2) is 15.6 Å². The fourth-order valence-electron chi connectivity index (χ4n) is 1.04. The molecule has 0 fully saturated rings. The minimum absolute atomic E-state index is 0.0592. The monoisotopic (exact) mass is 228 g/mol. The lowest BCUT2D eigenvalue weighted by molar-refractivity contribution is 0.388. The molecule has 2 aromatic heterocycles. The molecule has 0 atom stereocenters. The van der Waals surface area contributed by atoms with Crippen molar-refractivity contribution in [3.8, 4) is 11.6 Å². The van der Waals surface area contributed by atoms with Crippen LogP contribution in [0.3, 0.4) is 0 Å². The molecule has 0 unspecified atom stereocenters. The second kappa shape index (κ2) is 3.50.